The maximum atomic E-state index is 12.9. The Morgan fingerprint density at radius 2 is 1.90 bits per heavy atom. The van der Waals surface area contributed by atoms with E-state index >= 15 is 0 Å². The molecule has 1 unspecified atom stereocenters. The summed E-state index contributed by atoms with van der Waals surface area (Å²) < 4.78 is 5.76. The van der Waals surface area contributed by atoms with Gasteiger partial charge in [0.15, 0.2) is 0 Å². The van der Waals surface area contributed by atoms with E-state index in [0.717, 1.165) is 24.3 Å². The number of carbonyl (C=O) groups is 2. The van der Waals surface area contributed by atoms with Gasteiger partial charge >= 0.3 is 0 Å². The van der Waals surface area contributed by atoms with Crippen LogP contribution in [0, 0.1) is 5.92 Å². The van der Waals surface area contributed by atoms with Gasteiger partial charge in [-0.25, -0.2) is 0 Å². The molecule has 4 rings (SSSR count). The molecule has 29 heavy (non-hydrogen) atoms. The first kappa shape index (κ1) is 19.5. The Morgan fingerprint density at radius 1 is 1.14 bits per heavy atom. The van der Waals surface area contributed by atoms with E-state index in [0.29, 0.717) is 24.6 Å². The van der Waals surface area contributed by atoms with Crippen LogP contribution < -0.4 is 10.1 Å². The van der Waals surface area contributed by atoms with E-state index in [2.05, 4.69) is 17.4 Å². The Labute approximate surface area is 172 Å². The number of nitrogens with one attached hydrogen (secondary N) is 1. The highest BCUT2D eigenvalue weighted by Crippen LogP contribution is 2.30. The lowest BCUT2D eigenvalue weighted by molar-refractivity contribution is -0.119. The summed E-state index contributed by atoms with van der Waals surface area (Å²) in [6, 6.07) is 13.8. The van der Waals surface area contributed by atoms with Crippen LogP contribution in [-0.4, -0.2) is 29.9 Å². The average Bonchev–Trinajstić information content (AvgIpc) is 3.55. The van der Waals surface area contributed by atoms with Crippen LogP contribution in [0.25, 0.3) is 0 Å². The second-order valence-corrected chi connectivity index (χ2v) is 8.21. The van der Waals surface area contributed by atoms with Crippen LogP contribution >= 0.6 is 0 Å². The summed E-state index contributed by atoms with van der Waals surface area (Å²) in [6.07, 6.45) is 3.35. The Bertz CT molecular complexity index is 903. The summed E-state index contributed by atoms with van der Waals surface area (Å²) in [5.41, 5.74) is 4.23. The van der Waals surface area contributed by atoms with Crippen LogP contribution in [-0.2, 0) is 17.8 Å². The highest BCUT2D eigenvalue weighted by Gasteiger charge is 2.24. The molecule has 2 amide bonds. The van der Waals surface area contributed by atoms with Gasteiger partial charge in [0.1, 0.15) is 5.75 Å². The first-order valence-electron chi connectivity index (χ1n) is 10.4. The first-order chi connectivity index (χ1) is 14.0. The number of ether oxygens (including phenoxy) is 1. The monoisotopic (exact) mass is 392 g/mol. The van der Waals surface area contributed by atoms with Crippen LogP contribution in [0.15, 0.2) is 42.5 Å². The molecule has 0 bridgehead atoms. The summed E-state index contributed by atoms with van der Waals surface area (Å²) in [6.45, 7) is 5.61. The summed E-state index contributed by atoms with van der Waals surface area (Å²) in [5.74, 6) is 1.57. The molecule has 1 heterocycles. The third kappa shape index (κ3) is 4.78. The number of hydrogen-bond acceptors (Lipinski definition) is 3. The molecule has 5 heteroatoms. The number of benzene rings is 2. The van der Waals surface area contributed by atoms with Crippen molar-refractivity contribution in [3.8, 4) is 5.75 Å². The first-order valence-corrected chi connectivity index (χ1v) is 10.4. The van der Waals surface area contributed by atoms with Crippen LogP contribution in [0.2, 0.25) is 0 Å². The van der Waals surface area contributed by atoms with Gasteiger partial charge in [0.2, 0.25) is 5.91 Å². The zero-order valence-corrected chi connectivity index (χ0v) is 17.1. The van der Waals surface area contributed by atoms with Crippen LogP contribution in [0.3, 0.4) is 0 Å². The molecule has 5 nitrogen and oxygen atoms in total. The number of fused-ring (bicyclic) bond motifs is 1. The largest absolute Gasteiger partial charge is 0.493 e. The van der Waals surface area contributed by atoms with Crippen molar-refractivity contribution >= 4 is 11.8 Å². The number of amides is 2. The van der Waals surface area contributed by atoms with Crippen molar-refractivity contribution in [2.75, 3.05) is 13.2 Å². The lowest BCUT2D eigenvalue weighted by atomic mass is 9.94. The van der Waals surface area contributed by atoms with Crippen molar-refractivity contribution in [2.24, 2.45) is 5.92 Å². The van der Waals surface area contributed by atoms with Gasteiger partial charge in [-0.05, 0) is 73.1 Å². The third-order valence-corrected chi connectivity index (χ3v) is 5.73. The Balaban J connectivity index is 1.39. The lowest BCUT2D eigenvalue weighted by Gasteiger charge is -2.30. The van der Waals surface area contributed by atoms with Gasteiger partial charge in [0.25, 0.3) is 5.91 Å². The number of nitrogens with zero attached hydrogens (tertiary/aromatic N) is 1. The zero-order valence-electron chi connectivity index (χ0n) is 17.1. The normalized spacial score (nSPS) is 16.7. The number of hydrogen-bond donors (Lipinski definition) is 1. The summed E-state index contributed by atoms with van der Waals surface area (Å²) in [5, 5.41) is 2.92. The van der Waals surface area contributed by atoms with Crippen molar-refractivity contribution < 1.29 is 14.3 Å². The maximum Gasteiger partial charge on any atom is 0.254 e. The second-order valence-electron chi connectivity index (χ2n) is 8.21. The molecule has 2 aromatic rings. The molecule has 0 spiro atoms. The van der Waals surface area contributed by atoms with E-state index in [9.17, 15) is 9.59 Å². The molecule has 1 saturated carbocycles. The quantitative estimate of drug-likeness (QED) is 0.812. The summed E-state index contributed by atoms with van der Waals surface area (Å²) in [4.78, 5) is 26.1. The van der Waals surface area contributed by atoms with Crippen molar-refractivity contribution in [2.45, 2.75) is 45.7 Å². The van der Waals surface area contributed by atoms with Gasteiger partial charge in [0.05, 0.1) is 12.6 Å². The van der Waals surface area contributed by atoms with Crippen molar-refractivity contribution in [1.82, 2.24) is 10.2 Å². The van der Waals surface area contributed by atoms with E-state index in [1.807, 2.05) is 42.2 Å². The fourth-order valence-corrected chi connectivity index (χ4v) is 3.78. The number of rotatable bonds is 6. The molecule has 1 N–H and O–H groups in total. The molecular formula is C24H28N2O3. The molecule has 2 aromatic carbocycles. The molecular weight excluding hydrogens is 364 g/mol. The summed E-state index contributed by atoms with van der Waals surface area (Å²) in [7, 11) is 0. The highest BCUT2D eigenvalue weighted by atomic mass is 16.5. The molecule has 0 saturated heterocycles. The smallest absolute Gasteiger partial charge is 0.254 e. The van der Waals surface area contributed by atoms with Crippen LogP contribution in [0.4, 0.5) is 0 Å². The minimum atomic E-state index is -0.0315. The minimum Gasteiger partial charge on any atom is -0.493 e. The molecule has 1 fully saturated rings. The van der Waals surface area contributed by atoms with E-state index in [4.69, 9.17) is 4.74 Å². The fraction of sp³-hybridized carbons (Fsp3) is 0.417. The topological polar surface area (TPSA) is 58.6 Å². The van der Waals surface area contributed by atoms with Crippen molar-refractivity contribution in [3.63, 3.8) is 0 Å². The van der Waals surface area contributed by atoms with E-state index in [1.54, 1.807) is 0 Å². The fourth-order valence-electron chi connectivity index (χ4n) is 3.78. The molecule has 0 aromatic heterocycles. The Hall–Kier alpha value is -2.82. The Kier molecular flexibility index (Phi) is 5.56. The Morgan fingerprint density at radius 3 is 2.59 bits per heavy atom. The predicted molar refractivity (Wildman–Crippen MR) is 112 cm³/mol. The molecule has 1 atom stereocenters. The standard InChI is InChI=1S/C24H28N2O3/c1-16(25-17(2)27)20-5-6-22-14-26(12-11-21(22)13-20)24(28)19-7-9-23(10-8-19)29-15-18-3-4-18/h5-10,13,16,18H,3-4,11-12,14-15H2,1-2H3,(H,25,27). The SMILES string of the molecule is CC(=O)NC(C)c1ccc2c(c1)CCN(C(=O)c1ccc(OCC3CC3)cc1)C2. The summed E-state index contributed by atoms with van der Waals surface area (Å²) >= 11 is 0. The third-order valence-electron chi connectivity index (χ3n) is 5.73. The van der Waals surface area contributed by atoms with E-state index in [1.165, 1.54) is 30.9 Å². The minimum absolute atomic E-state index is 0.0156. The average molecular weight is 392 g/mol. The maximum absolute atomic E-state index is 12.9. The van der Waals surface area contributed by atoms with Gasteiger partial charge < -0.3 is 15.0 Å². The second kappa shape index (κ2) is 8.27. The van der Waals surface area contributed by atoms with Crippen molar-refractivity contribution in [3.05, 3.63) is 64.7 Å². The van der Waals surface area contributed by atoms with Crippen LogP contribution in [0.1, 0.15) is 59.8 Å². The van der Waals surface area contributed by atoms with Gasteiger partial charge in [-0.1, -0.05) is 18.2 Å². The lowest BCUT2D eigenvalue weighted by Crippen LogP contribution is -2.36. The van der Waals surface area contributed by atoms with Crippen molar-refractivity contribution in [1.29, 1.82) is 0 Å². The van der Waals surface area contributed by atoms with Gasteiger partial charge in [-0.2, -0.15) is 0 Å². The van der Waals surface area contributed by atoms with Crippen LogP contribution in [0.5, 0.6) is 5.75 Å². The molecule has 1 aliphatic heterocycles. The highest BCUT2D eigenvalue weighted by molar-refractivity contribution is 5.94. The van der Waals surface area contributed by atoms with E-state index < -0.39 is 0 Å². The van der Waals surface area contributed by atoms with E-state index in [-0.39, 0.29) is 17.9 Å². The van der Waals surface area contributed by atoms with Gasteiger partial charge in [0, 0.05) is 25.6 Å². The molecule has 1 aliphatic carbocycles. The molecule has 152 valence electrons. The van der Waals surface area contributed by atoms with Gasteiger partial charge in [-0.15, -0.1) is 0 Å². The molecule has 0 radical (unpaired) electrons. The predicted octanol–water partition coefficient (Wildman–Crippen LogP) is 3.87. The zero-order chi connectivity index (χ0) is 20.4. The van der Waals surface area contributed by atoms with Gasteiger partial charge in [-0.3, -0.25) is 9.59 Å². The number of carbonyl (C=O) groups excluding carboxylic acids is 2. The molecule has 2 aliphatic rings.